The summed E-state index contributed by atoms with van der Waals surface area (Å²) >= 11 is 0. The Hall–Kier alpha value is -0.980. The number of ether oxygens (including phenoxy) is 2. The van der Waals surface area contributed by atoms with E-state index >= 15 is 0 Å². The molecule has 0 aromatic heterocycles. The zero-order chi connectivity index (χ0) is 12.4. The number of morpholine rings is 1. The van der Waals surface area contributed by atoms with E-state index in [1.165, 1.54) is 0 Å². The van der Waals surface area contributed by atoms with Crippen molar-refractivity contribution in [3.05, 3.63) is 12.3 Å². The second kappa shape index (κ2) is 8.16. The number of rotatable bonds is 5. The van der Waals surface area contributed by atoms with Gasteiger partial charge in [0.25, 0.3) is 0 Å². The topological polar surface area (TPSA) is 18.5 Å². The van der Waals surface area contributed by atoms with Crippen LogP contribution in [0.1, 0.15) is 19.8 Å². The highest BCUT2D eigenvalue weighted by atomic mass is 16.5. The van der Waals surface area contributed by atoms with Crippen LogP contribution in [0, 0.1) is 11.8 Å². The molecule has 1 heterocycles. The molecule has 0 amide bonds. The molecule has 0 aromatic carbocycles. The first-order chi connectivity index (χ1) is 8.27. The summed E-state index contributed by atoms with van der Waals surface area (Å²) in [4.78, 5) is 0. The number of hydrogen-bond donors (Lipinski definition) is 0. The van der Waals surface area contributed by atoms with Gasteiger partial charge < -0.3 is 14.0 Å². The summed E-state index contributed by atoms with van der Waals surface area (Å²) in [7, 11) is 2.23. The molecule has 1 fully saturated rings. The maximum Gasteiger partial charge on any atom is 0.141 e. The van der Waals surface area contributed by atoms with E-state index in [-0.39, 0.29) is 0 Å². The van der Waals surface area contributed by atoms with Gasteiger partial charge in [-0.1, -0.05) is 19.3 Å². The van der Waals surface area contributed by atoms with Crippen molar-refractivity contribution in [3.8, 4) is 11.8 Å². The first-order valence-electron chi connectivity index (χ1n) is 6.43. The molecule has 0 aliphatic carbocycles. The van der Waals surface area contributed by atoms with Crippen LogP contribution in [0.5, 0.6) is 0 Å². The predicted molar refractivity (Wildman–Crippen MR) is 69.4 cm³/mol. The monoisotopic (exact) mass is 238 g/mol. The summed E-state index contributed by atoms with van der Waals surface area (Å²) in [6.07, 6.45) is 5.76. The Kier molecular flexibility index (Phi) is 6.76. The third kappa shape index (κ3) is 6.35. The average molecular weight is 238 g/mol. The molecule has 0 N–H and O–H groups in total. The lowest BCUT2D eigenvalue weighted by Crippen LogP contribution is -2.52. The molecule has 3 nitrogen and oxygen atoms in total. The molecule has 0 bridgehead atoms. The van der Waals surface area contributed by atoms with Crippen LogP contribution in [0.2, 0.25) is 0 Å². The molecule has 0 aromatic rings. The first kappa shape index (κ1) is 14.1. The van der Waals surface area contributed by atoms with Gasteiger partial charge in [-0.25, -0.2) is 0 Å². The Morgan fingerprint density at radius 3 is 2.82 bits per heavy atom. The molecule has 1 saturated heterocycles. The Labute approximate surface area is 105 Å². The van der Waals surface area contributed by atoms with E-state index in [0.717, 1.165) is 56.8 Å². The van der Waals surface area contributed by atoms with E-state index in [1.807, 2.05) is 0 Å². The minimum Gasteiger partial charge on any atom is -0.501 e. The fraction of sp³-hybridized carbons (Fsp3) is 0.714. The van der Waals surface area contributed by atoms with Gasteiger partial charge in [0.15, 0.2) is 0 Å². The quantitative estimate of drug-likeness (QED) is 0.315. The fourth-order valence-corrected chi connectivity index (χ4v) is 1.62. The second-order valence-corrected chi connectivity index (χ2v) is 4.69. The number of likely N-dealkylation sites (N-methyl/N-ethyl adjacent to an activating group) is 1. The van der Waals surface area contributed by atoms with Crippen LogP contribution in [0.25, 0.3) is 0 Å². The van der Waals surface area contributed by atoms with Gasteiger partial charge in [-0.15, -0.1) is 0 Å². The number of allylic oxidation sites excluding steroid dienone is 1. The number of unbranched alkanes of at least 4 members (excludes halogenated alkanes) is 1. The summed E-state index contributed by atoms with van der Waals surface area (Å²) in [5.74, 6) is 6.21. The maximum absolute atomic E-state index is 5.35. The summed E-state index contributed by atoms with van der Waals surface area (Å²) in [5.41, 5.74) is 0. The van der Waals surface area contributed by atoms with Crippen LogP contribution in [0.4, 0.5) is 0 Å². The normalized spacial score (nSPS) is 18.7. The lowest BCUT2D eigenvalue weighted by atomic mass is 10.3. The number of quaternary nitrogens is 1. The third-order valence-electron chi connectivity index (χ3n) is 2.98. The Bertz CT molecular complexity index is 282. The largest absolute Gasteiger partial charge is 0.501 e. The van der Waals surface area contributed by atoms with Crippen molar-refractivity contribution in [1.29, 1.82) is 0 Å². The molecule has 0 saturated carbocycles. The Morgan fingerprint density at radius 2 is 2.12 bits per heavy atom. The average Bonchev–Trinajstić information content (AvgIpc) is 2.33. The zero-order valence-electron chi connectivity index (χ0n) is 11.1. The molecular formula is C14H24NO2+. The molecular weight excluding hydrogens is 214 g/mol. The van der Waals surface area contributed by atoms with Crippen LogP contribution < -0.4 is 0 Å². The van der Waals surface area contributed by atoms with Gasteiger partial charge in [-0.2, -0.15) is 0 Å². The van der Waals surface area contributed by atoms with Crippen molar-refractivity contribution < 1.29 is 14.0 Å². The van der Waals surface area contributed by atoms with Crippen LogP contribution >= 0.6 is 0 Å². The van der Waals surface area contributed by atoms with Crippen LogP contribution in [-0.4, -0.2) is 51.0 Å². The SMILES string of the molecule is CCCCO/C=C/C#CC[N+]1(C)CCOCC1. The van der Waals surface area contributed by atoms with Gasteiger partial charge in [0.1, 0.15) is 19.6 Å². The molecule has 1 rings (SSSR count). The van der Waals surface area contributed by atoms with E-state index < -0.39 is 0 Å². The van der Waals surface area contributed by atoms with Gasteiger partial charge in [0, 0.05) is 6.08 Å². The highest BCUT2D eigenvalue weighted by Gasteiger charge is 2.23. The van der Waals surface area contributed by atoms with Gasteiger partial charge >= 0.3 is 0 Å². The predicted octanol–water partition coefficient (Wildman–Crippen LogP) is 1.80. The highest BCUT2D eigenvalue weighted by Crippen LogP contribution is 2.05. The summed E-state index contributed by atoms with van der Waals surface area (Å²) < 4.78 is 11.6. The Morgan fingerprint density at radius 1 is 1.35 bits per heavy atom. The number of nitrogens with zero attached hydrogens (tertiary/aromatic N) is 1. The second-order valence-electron chi connectivity index (χ2n) is 4.69. The van der Waals surface area contributed by atoms with Crippen LogP contribution in [0.15, 0.2) is 12.3 Å². The number of hydrogen-bond acceptors (Lipinski definition) is 2. The maximum atomic E-state index is 5.35. The van der Waals surface area contributed by atoms with Crippen molar-refractivity contribution in [2.24, 2.45) is 0 Å². The first-order valence-corrected chi connectivity index (χ1v) is 6.43. The fourth-order valence-electron chi connectivity index (χ4n) is 1.62. The van der Waals surface area contributed by atoms with Gasteiger partial charge in [0.2, 0.25) is 0 Å². The minimum absolute atomic E-state index is 0.791. The van der Waals surface area contributed by atoms with E-state index in [2.05, 4.69) is 25.8 Å². The van der Waals surface area contributed by atoms with Crippen molar-refractivity contribution in [1.82, 2.24) is 0 Å². The lowest BCUT2D eigenvalue weighted by molar-refractivity contribution is -0.910. The highest BCUT2D eigenvalue weighted by molar-refractivity contribution is 5.13. The van der Waals surface area contributed by atoms with Gasteiger partial charge in [0.05, 0.1) is 33.1 Å². The molecule has 0 atom stereocenters. The van der Waals surface area contributed by atoms with Gasteiger partial charge in [-0.05, 0) is 12.3 Å². The molecule has 0 unspecified atom stereocenters. The van der Waals surface area contributed by atoms with Crippen molar-refractivity contribution in [3.63, 3.8) is 0 Å². The summed E-state index contributed by atoms with van der Waals surface area (Å²) in [5, 5.41) is 0. The molecule has 1 aliphatic rings. The van der Waals surface area contributed by atoms with E-state index in [9.17, 15) is 0 Å². The molecule has 96 valence electrons. The summed E-state index contributed by atoms with van der Waals surface area (Å²) in [6, 6.07) is 0. The minimum atomic E-state index is 0.791. The van der Waals surface area contributed by atoms with Crippen LogP contribution in [-0.2, 0) is 9.47 Å². The van der Waals surface area contributed by atoms with Crippen LogP contribution in [0.3, 0.4) is 0 Å². The molecule has 0 spiro atoms. The van der Waals surface area contributed by atoms with Gasteiger partial charge in [-0.3, -0.25) is 0 Å². The van der Waals surface area contributed by atoms with Crippen molar-refractivity contribution >= 4 is 0 Å². The van der Waals surface area contributed by atoms with Crippen molar-refractivity contribution in [2.45, 2.75) is 19.8 Å². The molecule has 1 aliphatic heterocycles. The Balaban J connectivity index is 2.16. The molecule has 0 radical (unpaired) electrons. The van der Waals surface area contributed by atoms with E-state index in [4.69, 9.17) is 9.47 Å². The van der Waals surface area contributed by atoms with Crippen molar-refractivity contribution in [2.75, 3.05) is 46.5 Å². The third-order valence-corrected chi connectivity index (χ3v) is 2.98. The van der Waals surface area contributed by atoms with E-state index in [1.54, 1.807) is 12.3 Å². The summed E-state index contributed by atoms with van der Waals surface area (Å²) in [6.45, 7) is 7.67. The zero-order valence-corrected chi connectivity index (χ0v) is 11.1. The molecule has 3 heteroatoms. The van der Waals surface area contributed by atoms with E-state index in [0.29, 0.717) is 0 Å². The molecule has 17 heavy (non-hydrogen) atoms. The smallest absolute Gasteiger partial charge is 0.141 e. The standard InChI is InChI=1S/C14H24NO2/c1-3-4-11-16-12-7-5-6-8-15(2)9-13-17-14-10-15/h7,12H,3-4,8-11,13-14H2,1-2H3/q+1/b12-7+. The lowest BCUT2D eigenvalue weighted by Gasteiger charge is -2.35.